The molecule has 0 saturated carbocycles. The molecular weight excluding hydrogens is 459 g/mol. The molecular formula is C26H30F3N3O3. The zero-order chi connectivity index (χ0) is 25.2. The number of halogens is 3. The number of benzene rings is 2. The fourth-order valence-electron chi connectivity index (χ4n) is 4.82. The molecule has 2 aromatic carbocycles. The number of ether oxygens (including phenoxy) is 1. The lowest BCUT2D eigenvalue weighted by Crippen LogP contribution is -2.45. The van der Waals surface area contributed by atoms with Crippen LogP contribution < -0.4 is 10.2 Å². The van der Waals surface area contributed by atoms with Crippen molar-refractivity contribution >= 4 is 23.2 Å². The number of hydrogen-bond donors (Lipinski definition) is 1. The lowest BCUT2D eigenvalue weighted by atomic mass is 9.94. The number of morpholine rings is 1. The van der Waals surface area contributed by atoms with Crippen molar-refractivity contribution < 1.29 is 27.5 Å². The number of hydrogen-bond acceptors (Lipinski definition) is 4. The Morgan fingerprint density at radius 2 is 1.54 bits per heavy atom. The molecule has 1 N–H and O–H groups in total. The summed E-state index contributed by atoms with van der Waals surface area (Å²) in [5.41, 5.74) is 0.461. The Bertz CT molecular complexity index is 1040. The van der Waals surface area contributed by atoms with Gasteiger partial charge in [-0.3, -0.25) is 9.59 Å². The zero-order valence-electron chi connectivity index (χ0n) is 19.8. The molecule has 0 spiro atoms. The minimum atomic E-state index is -4.60. The molecule has 35 heavy (non-hydrogen) atoms. The first kappa shape index (κ1) is 25.0. The number of nitrogens with one attached hydrogen (secondary N) is 1. The molecule has 2 aromatic rings. The summed E-state index contributed by atoms with van der Waals surface area (Å²) in [7, 11) is 0. The summed E-state index contributed by atoms with van der Waals surface area (Å²) in [4.78, 5) is 29.2. The second-order valence-corrected chi connectivity index (χ2v) is 9.31. The number of carbonyl (C=O) groups is 2. The first-order valence-corrected chi connectivity index (χ1v) is 11.9. The van der Waals surface area contributed by atoms with E-state index < -0.39 is 17.6 Å². The van der Waals surface area contributed by atoms with Crippen molar-refractivity contribution in [3.8, 4) is 0 Å². The highest BCUT2D eigenvalue weighted by molar-refractivity contribution is 5.96. The maximum absolute atomic E-state index is 13.3. The van der Waals surface area contributed by atoms with Gasteiger partial charge in [0, 0.05) is 43.5 Å². The molecule has 9 heteroatoms. The van der Waals surface area contributed by atoms with Gasteiger partial charge in [0.15, 0.2) is 0 Å². The molecule has 2 heterocycles. The number of carbonyl (C=O) groups excluding carboxylic acids is 2. The monoisotopic (exact) mass is 489 g/mol. The molecule has 0 bridgehead atoms. The number of rotatable bonds is 4. The van der Waals surface area contributed by atoms with Crippen molar-refractivity contribution in [3.63, 3.8) is 0 Å². The average Bonchev–Trinajstić information content (AvgIpc) is 2.83. The van der Waals surface area contributed by atoms with E-state index in [4.69, 9.17) is 4.74 Å². The summed E-state index contributed by atoms with van der Waals surface area (Å²) in [6.45, 7) is 6.17. The van der Waals surface area contributed by atoms with Crippen LogP contribution in [0, 0.1) is 5.92 Å². The molecule has 6 nitrogen and oxygen atoms in total. The highest BCUT2D eigenvalue weighted by Gasteiger charge is 2.37. The fraction of sp³-hybridized carbons (Fsp3) is 0.462. The first-order chi connectivity index (χ1) is 16.6. The van der Waals surface area contributed by atoms with E-state index in [2.05, 4.69) is 10.2 Å². The number of nitrogens with zero attached hydrogens (tertiary/aromatic N) is 2. The Kier molecular flexibility index (Phi) is 7.35. The molecule has 2 aliphatic rings. The second-order valence-electron chi connectivity index (χ2n) is 9.31. The molecule has 0 aromatic heterocycles. The van der Waals surface area contributed by atoms with Crippen molar-refractivity contribution in [3.05, 3.63) is 59.7 Å². The fourth-order valence-corrected chi connectivity index (χ4v) is 4.82. The molecule has 2 amide bonds. The van der Waals surface area contributed by atoms with Gasteiger partial charge in [0.05, 0.1) is 23.3 Å². The summed E-state index contributed by atoms with van der Waals surface area (Å²) >= 11 is 0. The minimum Gasteiger partial charge on any atom is -0.372 e. The van der Waals surface area contributed by atoms with Gasteiger partial charge in [-0.1, -0.05) is 12.1 Å². The highest BCUT2D eigenvalue weighted by Crippen LogP contribution is 2.33. The summed E-state index contributed by atoms with van der Waals surface area (Å²) in [5, 5.41) is 2.93. The van der Waals surface area contributed by atoms with E-state index in [0.29, 0.717) is 18.5 Å². The van der Waals surface area contributed by atoms with Gasteiger partial charge in [0.1, 0.15) is 0 Å². The lowest BCUT2D eigenvalue weighted by Gasteiger charge is -2.37. The standard InChI is InChI=1S/C26H30F3N3O3/c1-17-15-32(16-18(2)35-17)21-9-7-20(8-10-21)30-24(33)19-11-13-31(14-12-19)25(34)22-5-3-4-6-23(22)26(27,28)29/h3-10,17-19H,11-16H2,1-2H3,(H,30,33)/t17-,18+. The molecule has 0 unspecified atom stereocenters. The summed E-state index contributed by atoms with van der Waals surface area (Å²) < 4.78 is 45.6. The minimum absolute atomic E-state index is 0.144. The molecule has 2 atom stereocenters. The largest absolute Gasteiger partial charge is 0.417 e. The average molecular weight is 490 g/mol. The van der Waals surface area contributed by atoms with Gasteiger partial charge in [0.25, 0.3) is 5.91 Å². The van der Waals surface area contributed by atoms with E-state index in [0.717, 1.165) is 24.8 Å². The van der Waals surface area contributed by atoms with E-state index in [1.807, 2.05) is 38.1 Å². The van der Waals surface area contributed by atoms with Crippen LogP contribution in [-0.2, 0) is 15.7 Å². The summed E-state index contributed by atoms with van der Waals surface area (Å²) in [5.74, 6) is -1.11. The predicted molar refractivity (Wildman–Crippen MR) is 127 cm³/mol. The quantitative estimate of drug-likeness (QED) is 0.670. The van der Waals surface area contributed by atoms with Crippen LogP contribution in [-0.4, -0.2) is 55.1 Å². The van der Waals surface area contributed by atoms with Gasteiger partial charge in [0.2, 0.25) is 5.91 Å². The third kappa shape index (κ3) is 5.96. The van der Waals surface area contributed by atoms with E-state index >= 15 is 0 Å². The van der Waals surface area contributed by atoms with Crippen molar-refractivity contribution in [1.82, 2.24) is 4.90 Å². The topological polar surface area (TPSA) is 61.9 Å². The SMILES string of the molecule is C[C@@H]1CN(c2ccc(NC(=O)C3CCN(C(=O)c4ccccc4C(F)(F)F)CC3)cc2)C[C@H](C)O1. The number of alkyl halides is 3. The Morgan fingerprint density at radius 3 is 2.14 bits per heavy atom. The van der Waals surface area contributed by atoms with Gasteiger partial charge < -0.3 is 19.9 Å². The van der Waals surface area contributed by atoms with Crippen LogP contribution in [0.5, 0.6) is 0 Å². The molecule has 2 saturated heterocycles. The predicted octanol–water partition coefficient (Wildman–Crippen LogP) is 4.81. The van der Waals surface area contributed by atoms with Gasteiger partial charge in [-0.2, -0.15) is 13.2 Å². The van der Waals surface area contributed by atoms with E-state index in [-0.39, 0.29) is 42.7 Å². The molecule has 0 radical (unpaired) electrons. The smallest absolute Gasteiger partial charge is 0.372 e. The maximum Gasteiger partial charge on any atom is 0.417 e. The van der Waals surface area contributed by atoms with Crippen LogP contribution in [0.15, 0.2) is 48.5 Å². The highest BCUT2D eigenvalue weighted by atomic mass is 19.4. The third-order valence-corrected chi connectivity index (χ3v) is 6.54. The number of piperidine rings is 1. The van der Waals surface area contributed by atoms with E-state index in [1.54, 1.807) is 0 Å². The van der Waals surface area contributed by atoms with Gasteiger partial charge in [-0.25, -0.2) is 0 Å². The Hall–Kier alpha value is -3.07. The van der Waals surface area contributed by atoms with Crippen molar-refractivity contribution in [1.29, 1.82) is 0 Å². The third-order valence-electron chi connectivity index (χ3n) is 6.54. The van der Waals surface area contributed by atoms with E-state index in [1.165, 1.54) is 23.1 Å². The number of likely N-dealkylation sites (tertiary alicyclic amines) is 1. The first-order valence-electron chi connectivity index (χ1n) is 11.9. The normalized spacial score (nSPS) is 21.6. The summed E-state index contributed by atoms with van der Waals surface area (Å²) in [6.07, 6.45) is -3.50. The summed E-state index contributed by atoms with van der Waals surface area (Å²) in [6, 6.07) is 12.5. The van der Waals surface area contributed by atoms with Crippen LogP contribution in [0.2, 0.25) is 0 Å². The molecule has 188 valence electrons. The zero-order valence-corrected chi connectivity index (χ0v) is 19.8. The van der Waals surface area contributed by atoms with Crippen LogP contribution in [0.1, 0.15) is 42.6 Å². The Morgan fingerprint density at radius 1 is 0.943 bits per heavy atom. The van der Waals surface area contributed by atoms with E-state index in [9.17, 15) is 22.8 Å². The number of anilines is 2. The van der Waals surface area contributed by atoms with Crippen molar-refractivity contribution in [2.75, 3.05) is 36.4 Å². The van der Waals surface area contributed by atoms with Crippen LogP contribution in [0.25, 0.3) is 0 Å². The molecule has 2 fully saturated rings. The van der Waals surface area contributed by atoms with Gasteiger partial charge in [-0.05, 0) is 63.1 Å². The van der Waals surface area contributed by atoms with Crippen LogP contribution >= 0.6 is 0 Å². The Balaban J connectivity index is 1.32. The van der Waals surface area contributed by atoms with Gasteiger partial charge >= 0.3 is 6.18 Å². The maximum atomic E-state index is 13.3. The van der Waals surface area contributed by atoms with Crippen LogP contribution in [0.4, 0.5) is 24.5 Å². The molecule has 0 aliphatic carbocycles. The van der Waals surface area contributed by atoms with Gasteiger partial charge in [-0.15, -0.1) is 0 Å². The molecule has 2 aliphatic heterocycles. The lowest BCUT2D eigenvalue weighted by molar-refractivity contribution is -0.138. The second kappa shape index (κ2) is 10.3. The van der Waals surface area contributed by atoms with Crippen LogP contribution in [0.3, 0.4) is 0 Å². The van der Waals surface area contributed by atoms with Crippen molar-refractivity contribution in [2.45, 2.75) is 45.1 Å². The molecule has 4 rings (SSSR count). The Labute approximate surface area is 203 Å². The van der Waals surface area contributed by atoms with Crippen molar-refractivity contribution in [2.24, 2.45) is 5.92 Å². The number of amides is 2.